The summed E-state index contributed by atoms with van der Waals surface area (Å²) in [4.78, 5) is 4.08. The van der Waals surface area contributed by atoms with Crippen LogP contribution in [0.2, 0.25) is 0 Å². The first kappa shape index (κ1) is 7.44. The molecule has 3 heteroatoms. The van der Waals surface area contributed by atoms with Crippen molar-refractivity contribution in [2.24, 2.45) is 0 Å². The van der Waals surface area contributed by atoms with Crippen molar-refractivity contribution in [2.45, 2.75) is 13.0 Å². The van der Waals surface area contributed by atoms with Crippen molar-refractivity contribution in [3.63, 3.8) is 0 Å². The summed E-state index contributed by atoms with van der Waals surface area (Å²) in [5.41, 5.74) is 0.692. The van der Waals surface area contributed by atoms with Gasteiger partial charge >= 0.3 is 0 Å². The molecule has 0 aromatic carbocycles. The molecule has 0 saturated heterocycles. The zero-order valence-electron chi connectivity index (χ0n) is 5.74. The second-order valence-corrected chi connectivity index (χ2v) is 3.03. The van der Waals surface area contributed by atoms with Crippen LogP contribution in [-0.4, -0.2) is 10.1 Å². The van der Waals surface area contributed by atoms with Gasteiger partial charge in [0.15, 0.2) is 0 Å². The molecular formula is C7H9NOS. The quantitative estimate of drug-likeness (QED) is 0.659. The summed E-state index contributed by atoms with van der Waals surface area (Å²) in [5, 5.41) is 12.0. The maximum atomic E-state index is 9.17. The second kappa shape index (κ2) is 2.94. The summed E-state index contributed by atoms with van der Waals surface area (Å²) in [6.07, 6.45) is 0.860. The van der Waals surface area contributed by atoms with Gasteiger partial charge in [0.25, 0.3) is 0 Å². The van der Waals surface area contributed by atoms with Crippen LogP contribution in [0.1, 0.15) is 16.8 Å². The molecular weight excluding hydrogens is 146 g/mol. The van der Waals surface area contributed by atoms with Gasteiger partial charge in [0.1, 0.15) is 6.10 Å². The highest BCUT2D eigenvalue weighted by atomic mass is 32.1. The van der Waals surface area contributed by atoms with E-state index in [2.05, 4.69) is 11.6 Å². The Kier molecular flexibility index (Phi) is 2.19. The van der Waals surface area contributed by atoms with E-state index in [4.69, 9.17) is 5.11 Å². The standard InChI is InChI=1S/C7H9NOS/c1-3-7(9)6-4-10-5(2)8-6/h3-4,7,9H,1H2,2H3. The highest BCUT2D eigenvalue weighted by Gasteiger charge is 2.04. The Morgan fingerprint density at radius 2 is 2.60 bits per heavy atom. The topological polar surface area (TPSA) is 33.1 Å². The summed E-state index contributed by atoms with van der Waals surface area (Å²) >= 11 is 1.53. The van der Waals surface area contributed by atoms with Gasteiger partial charge in [0, 0.05) is 5.38 Å². The van der Waals surface area contributed by atoms with E-state index in [0.29, 0.717) is 5.69 Å². The van der Waals surface area contributed by atoms with E-state index in [-0.39, 0.29) is 0 Å². The monoisotopic (exact) mass is 155 g/mol. The van der Waals surface area contributed by atoms with Crippen molar-refractivity contribution in [3.05, 3.63) is 28.7 Å². The molecule has 1 atom stereocenters. The van der Waals surface area contributed by atoms with Crippen LogP contribution < -0.4 is 0 Å². The zero-order valence-corrected chi connectivity index (χ0v) is 6.56. The summed E-state index contributed by atoms with van der Waals surface area (Å²) in [7, 11) is 0. The first-order valence-electron chi connectivity index (χ1n) is 2.96. The largest absolute Gasteiger partial charge is 0.383 e. The van der Waals surface area contributed by atoms with Gasteiger partial charge in [0.2, 0.25) is 0 Å². The highest BCUT2D eigenvalue weighted by Crippen LogP contribution is 2.15. The fourth-order valence-electron chi connectivity index (χ4n) is 0.637. The molecule has 0 aliphatic carbocycles. The lowest BCUT2D eigenvalue weighted by Crippen LogP contribution is -1.91. The molecule has 0 bridgehead atoms. The van der Waals surface area contributed by atoms with E-state index >= 15 is 0 Å². The maximum absolute atomic E-state index is 9.17. The molecule has 54 valence electrons. The van der Waals surface area contributed by atoms with E-state index in [0.717, 1.165) is 5.01 Å². The lowest BCUT2D eigenvalue weighted by molar-refractivity contribution is 0.224. The van der Waals surface area contributed by atoms with Gasteiger partial charge < -0.3 is 5.11 Å². The number of hydrogen-bond donors (Lipinski definition) is 1. The normalized spacial score (nSPS) is 13.0. The Labute approximate surface area is 63.9 Å². The SMILES string of the molecule is C=CC(O)c1csc(C)n1. The van der Waals surface area contributed by atoms with Crippen molar-refractivity contribution in [3.8, 4) is 0 Å². The summed E-state index contributed by atoms with van der Waals surface area (Å²) < 4.78 is 0. The molecule has 1 rings (SSSR count). The number of aromatic nitrogens is 1. The number of aryl methyl sites for hydroxylation is 1. The number of hydrogen-bond acceptors (Lipinski definition) is 3. The van der Waals surface area contributed by atoms with Crippen molar-refractivity contribution in [1.29, 1.82) is 0 Å². The fourth-order valence-corrected chi connectivity index (χ4v) is 1.28. The van der Waals surface area contributed by atoms with Crippen LogP contribution >= 0.6 is 11.3 Å². The van der Waals surface area contributed by atoms with E-state index in [1.54, 1.807) is 0 Å². The van der Waals surface area contributed by atoms with Crippen LogP contribution in [0.4, 0.5) is 0 Å². The predicted molar refractivity (Wildman–Crippen MR) is 42.0 cm³/mol. The van der Waals surface area contributed by atoms with Crippen LogP contribution in [0.3, 0.4) is 0 Å². The molecule has 1 aromatic rings. The van der Waals surface area contributed by atoms with Crippen molar-refractivity contribution < 1.29 is 5.11 Å². The Morgan fingerprint density at radius 3 is 3.00 bits per heavy atom. The molecule has 10 heavy (non-hydrogen) atoms. The number of rotatable bonds is 2. The van der Waals surface area contributed by atoms with Crippen molar-refractivity contribution in [1.82, 2.24) is 4.98 Å². The minimum Gasteiger partial charge on any atom is -0.383 e. The number of thiazole rings is 1. The molecule has 1 aromatic heterocycles. The lowest BCUT2D eigenvalue weighted by Gasteiger charge is -1.96. The van der Waals surface area contributed by atoms with Crippen molar-refractivity contribution in [2.75, 3.05) is 0 Å². The highest BCUT2D eigenvalue weighted by molar-refractivity contribution is 7.09. The Balaban J connectivity index is 2.84. The molecule has 0 aliphatic heterocycles. The minimum atomic E-state index is -0.607. The Bertz CT molecular complexity index is 231. The average molecular weight is 155 g/mol. The summed E-state index contributed by atoms with van der Waals surface area (Å²) in [6.45, 7) is 5.37. The second-order valence-electron chi connectivity index (χ2n) is 1.97. The predicted octanol–water partition coefficient (Wildman–Crippen LogP) is 1.67. The molecule has 1 N–H and O–H groups in total. The molecule has 1 unspecified atom stereocenters. The molecule has 0 aliphatic rings. The smallest absolute Gasteiger partial charge is 0.115 e. The first-order chi connectivity index (χ1) is 4.74. The van der Waals surface area contributed by atoms with Crippen LogP contribution in [0.25, 0.3) is 0 Å². The van der Waals surface area contributed by atoms with E-state index < -0.39 is 6.10 Å². The number of aliphatic hydroxyl groups excluding tert-OH is 1. The zero-order chi connectivity index (χ0) is 7.56. The van der Waals surface area contributed by atoms with E-state index in [1.807, 2.05) is 12.3 Å². The molecule has 1 heterocycles. The van der Waals surface area contributed by atoms with Gasteiger partial charge in [-0.05, 0) is 6.92 Å². The third kappa shape index (κ3) is 1.43. The molecule has 0 saturated carbocycles. The minimum absolute atomic E-state index is 0.607. The third-order valence-corrected chi connectivity index (χ3v) is 1.95. The van der Waals surface area contributed by atoms with Gasteiger partial charge in [0.05, 0.1) is 10.7 Å². The third-order valence-electron chi connectivity index (χ3n) is 1.16. The molecule has 2 nitrogen and oxygen atoms in total. The van der Waals surface area contributed by atoms with Gasteiger partial charge in [-0.15, -0.1) is 17.9 Å². The van der Waals surface area contributed by atoms with Gasteiger partial charge in [-0.3, -0.25) is 0 Å². The van der Waals surface area contributed by atoms with Gasteiger partial charge in [-0.25, -0.2) is 4.98 Å². The van der Waals surface area contributed by atoms with Crippen LogP contribution in [0.5, 0.6) is 0 Å². The molecule has 0 spiro atoms. The maximum Gasteiger partial charge on any atom is 0.115 e. The van der Waals surface area contributed by atoms with E-state index in [9.17, 15) is 0 Å². The fraction of sp³-hybridized carbons (Fsp3) is 0.286. The summed E-state index contributed by atoms with van der Waals surface area (Å²) in [6, 6.07) is 0. The Hall–Kier alpha value is -0.670. The number of nitrogens with zero attached hydrogens (tertiary/aromatic N) is 1. The number of aliphatic hydroxyl groups is 1. The van der Waals surface area contributed by atoms with Crippen LogP contribution in [0.15, 0.2) is 18.0 Å². The van der Waals surface area contributed by atoms with Crippen molar-refractivity contribution >= 4 is 11.3 Å². The first-order valence-corrected chi connectivity index (χ1v) is 3.84. The van der Waals surface area contributed by atoms with E-state index in [1.165, 1.54) is 17.4 Å². The van der Waals surface area contributed by atoms with Crippen LogP contribution in [-0.2, 0) is 0 Å². The van der Waals surface area contributed by atoms with Gasteiger partial charge in [-0.2, -0.15) is 0 Å². The molecule has 0 radical (unpaired) electrons. The summed E-state index contributed by atoms with van der Waals surface area (Å²) in [5.74, 6) is 0. The average Bonchev–Trinajstić information content (AvgIpc) is 2.34. The van der Waals surface area contributed by atoms with Gasteiger partial charge in [-0.1, -0.05) is 6.08 Å². The van der Waals surface area contributed by atoms with Crippen LogP contribution in [0, 0.1) is 6.92 Å². The molecule has 0 fully saturated rings. The Morgan fingerprint density at radius 1 is 1.90 bits per heavy atom. The molecule has 0 amide bonds. The lowest BCUT2D eigenvalue weighted by atomic mass is 10.3.